The van der Waals surface area contributed by atoms with Gasteiger partial charge in [-0.05, 0) is 26.2 Å². The molecule has 3 heteroatoms. The number of nitrogens with one attached hydrogen (secondary N) is 1. The van der Waals surface area contributed by atoms with Crippen LogP contribution in [-0.4, -0.2) is 18.0 Å². The van der Waals surface area contributed by atoms with Crippen molar-refractivity contribution in [2.75, 3.05) is 6.54 Å². The van der Waals surface area contributed by atoms with Crippen molar-refractivity contribution < 1.29 is 0 Å². The summed E-state index contributed by atoms with van der Waals surface area (Å²) in [6, 6.07) is 0. The Balaban J connectivity index is 4.32. The van der Waals surface area contributed by atoms with Crippen LogP contribution in [0.3, 0.4) is 0 Å². The molecule has 0 aromatic carbocycles. The highest BCUT2D eigenvalue weighted by molar-refractivity contribution is 5.78. The molecule has 0 aliphatic carbocycles. The van der Waals surface area contributed by atoms with Gasteiger partial charge in [0.1, 0.15) is 0 Å². The second kappa shape index (κ2) is 5.84. The molecule has 78 valence electrons. The van der Waals surface area contributed by atoms with Crippen molar-refractivity contribution in [3.8, 4) is 0 Å². The molecule has 13 heavy (non-hydrogen) atoms. The molecule has 0 saturated heterocycles. The van der Waals surface area contributed by atoms with Gasteiger partial charge in [0, 0.05) is 12.1 Å². The van der Waals surface area contributed by atoms with E-state index in [9.17, 15) is 0 Å². The maximum Gasteiger partial charge on any atom is 0.189 e. The molecule has 0 bridgehead atoms. The normalized spacial score (nSPS) is 13.1. The van der Waals surface area contributed by atoms with Crippen molar-refractivity contribution in [1.82, 2.24) is 5.32 Å². The molecule has 0 saturated carbocycles. The zero-order chi connectivity index (χ0) is 10.3. The molecule has 0 amide bonds. The molecule has 0 aromatic heterocycles. The lowest BCUT2D eigenvalue weighted by Crippen LogP contribution is -2.50. The van der Waals surface area contributed by atoms with Crippen LogP contribution in [0.15, 0.2) is 4.99 Å². The summed E-state index contributed by atoms with van der Waals surface area (Å²) in [6.07, 6.45) is 3.25. The lowest BCUT2D eigenvalue weighted by atomic mass is 9.90. The van der Waals surface area contributed by atoms with Gasteiger partial charge in [0.2, 0.25) is 0 Å². The van der Waals surface area contributed by atoms with Crippen LogP contribution in [-0.2, 0) is 0 Å². The van der Waals surface area contributed by atoms with E-state index in [4.69, 9.17) is 5.73 Å². The van der Waals surface area contributed by atoms with E-state index in [1.165, 1.54) is 0 Å². The van der Waals surface area contributed by atoms with Crippen LogP contribution in [0.4, 0.5) is 0 Å². The zero-order valence-corrected chi connectivity index (χ0v) is 9.35. The topological polar surface area (TPSA) is 50.4 Å². The molecule has 0 aromatic rings. The Labute approximate surface area is 81.8 Å². The second-order valence-electron chi connectivity index (χ2n) is 3.33. The van der Waals surface area contributed by atoms with Gasteiger partial charge in [-0.2, -0.15) is 0 Å². The molecule has 0 unspecified atom stereocenters. The summed E-state index contributed by atoms with van der Waals surface area (Å²) in [7, 11) is 0. The van der Waals surface area contributed by atoms with Crippen LogP contribution in [0.2, 0.25) is 0 Å². The quantitative estimate of drug-likeness (QED) is 0.507. The summed E-state index contributed by atoms with van der Waals surface area (Å²) < 4.78 is 0. The second-order valence-corrected chi connectivity index (χ2v) is 3.33. The van der Waals surface area contributed by atoms with Gasteiger partial charge >= 0.3 is 0 Å². The Bertz CT molecular complexity index is 151. The average molecular weight is 185 g/mol. The van der Waals surface area contributed by atoms with Gasteiger partial charge < -0.3 is 11.1 Å². The molecule has 0 aliphatic rings. The number of nitrogens with zero attached hydrogens (tertiary/aromatic N) is 1. The summed E-state index contributed by atoms with van der Waals surface area (Å²) in [5.41, 5.74) is 5.88. The maximum absolute atomic E-state index is 5.74. The first-order chi connectivity index (χ1) is 6.14. The van der Waals surface area contributed by atoms with E-state index in [0.717, 1.165) is 25.8 Å². The Kier molecular flexibility index (Phi) is 5.51. The molecule has 3 nitrogen and oxygen atoms in total. The Morgan fingerprint density at radius 3 is 1.92 bits per heavy atom. The van der Waals surface area contributed by atoms with Gasteiger partial charge in [-0.3, -0.25) is 4.99 Å². The van der Waals surface area contributed by atoms with Crippen LogP contribution < -0.4 is 11.1 Å². The van der Waals surface area contributed by atoms with E-state index in [0.29, 0.717) is 5.96 Å². The maximum atomic E-state index is 5.74. The minimum atomic E-state index is 0.142. The number of nitrogens with two attached hydrogens (primary N) is 1. The third-order valence-corrected chi connectivity index (χ3v) is 2.75. The predicted octanol–water partition coefficient (Wildman–Crippen LogP) is 1.88. The van der Waals surface area contributed by atoms with Crippen LogP contribution in [0.5, 0.6) is 0 Å². The highest BCUT2D eigenvalue weighted by Crippen LogP contribution is 2.18. The van der Waals surface area contributed by atoms with Gasteiger partial charge in [0.15, 0.2) is 5.96 Å². The van der Waals surface area contributed by atoms with Gasteiger partial charge in [0.05, 0.1) is 0 Å². The monoisotopic (exact) mass is 185 g/mol. The first-order valence-electron chi connectivity index (χ1n) is 5.22. The summed E-state index contributed by atoms with van der Waals surface area (Å²) >= 11 is 0. The number of hydrogen-bond acceptors (Lipinski definition) is 1. The van der Waals surface area contributed by atoms with E-state index >= 15 is 0 Å². The Morgan fingerprint density at radius 1 is 1.15 bits per heavy atom. The van der Waals surface area contributed by atoms with E-state index in [-0.39, 0.29) is 5.54 Å². The van der Waals surface area contributed by atoms with E-state index in [2.05, 4.69) is 31.1 Å². The van der Waals surface area contributed by atoms with Crippen molar-refractivity contribution in [1.29, 1.82) is 0 Å². The summed E-state index contributed by atoms with van der Waals surface area (Å²) in [5, 5.41) is 3.31. The number of guanidine groups is 1. The van der Waals surface area contributed by atoms with Gasteiger partial charge in [-0.25, -0.2) is 0 Å². The van der Waals surface area contributed by atoms with Crippen molar-refractivity contribution in [3.05, 3.63) is 0 Å². The molecular weight excluding hydrogens is 162 g/mol. The standard InChI is InChI=1S/C10H23N3/c1-5-10(6-2,7-3)13-9(11)12-8-4/h5-8H2,1-4H3,(H3,11,12,13). The first kappa shape index (κ1) is 12.3. The largest absolute Gasteiger partial charge is 0.370 e. The molecule has 0 atom stereocenters. The lowest BCUT2D eigenvalue weighted by molar-refractivity contribution is 0.338. The SMILES string of the molecule is CCN=C(N)NC(CC)(CC)CC. The van der Waals surface area contributed by atoms with E-state index in [1.54, 1.807) is 0 Å². The predicted molar refractivity (Wildman–Crippen MR) is 58.9 cm³/mol. The fourth-order valence-corrected chi connectivity index (χ4v) is 1.50. The molecule has 0 spiro atoms. The van der Waals surface area contributed by atoms with Gasteiger partial charge in [0.25, 0.3) is 0 Å². The third kappa shape index (κ3) is 3.66. The van der Waals surface area contributed by atoms with Gasteiger partial charge in [-0.1, -0.05) is 20.8 Å². The smallest absolute Gasteiger partial charge is 0.189 e. The van der Waals surface area contributed by atoms with Crippen molar-refractivity contribution in [2.24, 2.45) is 10.7 Å². The summed E-state index contributed by atoms with van der Waals surface area (Å²) in [6.45, 7) is 9.27. The molecule has 3 N–H and O–H groups in total. The fourth-order valence-electron chi connectivity index (χ4n) is 1.50. The number of hydrogen-bond donors (Lipinski definition) is 2. The summed E-state index contributed by atoms with van der Waals surface area (Å²) in [4.78, 5) is 4.14. The molecule has 0 aliphatic heterocycles. The third-order valence-electron chi connectivity index (χ3n) is 2.75. The van der Waals surface area contributed by atoms with Crippen LogP contribution >= 0.6 is 0 Å². The Hall–Kier alpha value is -0.730. The number of aliphatic imine (C=N–C) groups is 1. The fraction of sp³-hybridized carbons (Fsp3) is 0.900. The molecule has 0 heterocycles. The van der Waals surface area contributed by atoms with Crippen molar-refractivity contribution in [3.63, 3.8) is 0 Å². The Morgan fingerprint density at radius 2 is 1.62 bits per heavy atom. The highest BCUT2D eigenvalue weighted by Gasteiger charge is 2.23. The summed E-state index contributed by atoms with van der Waals surface area (Å²) in [5.74, 6) is 0.577. The minimum Gasteiger partial charge on any atom is -0.370 e. The van der Waals surface area contributed by atoms with Crippen molar-refractivity contribution in [2.45, 2.75) is 52.5 Å². The molecule has 0 fully saturated rings. The zero-order valence-electron chi connectivity index (χ0n) is 9.35. The van der Waals surface area contributed by atoms with Crippen LogP contribution in [0.25, 0.3) is 0 Å². The highest BCUT2D eigenvalue weighted by atomic mass is 15.1. The van der Waals surface area contributed by atoms with Gasteiger partial charge in [-0.15, -0.1) is 0 Å². The first-order valence-corrected chi connectivity index (χ1v) is 5.22. The van der Waals surface area contributed by atoms with E-state index in [1.807, 2.05) is 6.92 Å². The van der Waals surface area contributed by atoms with Crippen LogP contribution in [0.1, 0.15) is 47.0 Å². The molecule has 0 radical (unpaired) electrons. The van der Waals surface area contributed by atoms with Crippen LogP contribution in [0, 0.1) is 0 Å². The molecular formula is C10H23N3. The average Bonchev–Trinajstić information content (AvgIpc) is 2.15. The minimum absolute atomic E-state index is 0.142. The van der Waals surface area contributed by atoms with Crippen molar-refractivity contribution >= 4 is 5.96 Å². The lowest BCUT2D eigenvalue weighted by Gasteiger charge is -2.32. The van der Waals surface area contributed by atoms with E-state index < -0.39 is 0 Å². The number of rotatable bonds is 5. The molecule has 0 rings (SSSR count).